The van der Waals surface area contributed by atoms with E-state index in [1.54, 1.807) is 17.7 Å². The molecule has 1 amide bonds. The van der Waals surface area contributed by atoms with Crippen molar-refractivity contribution >= 4 is 5.91 Å². The Morgan fingerprint density at radius 3 is 2.47 bits per heavy atom. The molecule has 0 aliphatic rings. The second-order valence-corrected chi connectivity index (χ2v) is 7.78. The fourth-order valence-corrected chi connectivity index (χ4v) is 3.00. The number of nitrogens with zero attached hydrogens (tertiary/aromatic N) is 5. The highest BCUT2D eigenvalue weighted by molar-refractivity contribution is 5.96. The normalized spacial score (nSPS) is 13.3. The van der Waals surface area contributed by atoms with Gasteiger partial charge in [-0.15, -0.1) is 5.10 Å². The zero-order valence-electron chi connectivity index (χ0n) is 18.0. The average molecular weight is 409 g/mol. The molecule has 2 aromatic carbocycles. The van der Waals surface area contributed by atoms with Gasteiger partial charge in [-0.1, -0.05) is 29.8 Å². The summed E-state index contributed by atoms with van der Waals surface area (Å²) in [7, 11) is 3.92. The number of aliphatic hydroxyl groups is 1. The average Bonchev–Trinajstić information content (AvgIpc) is 3.23. The Kier molecular flexibility index (Phi) is 6.59. The van der Waals surface area contributed by atoms with Gasteiger partial charge in [0.25, 0.3) is 5.91 Å². The molecular weight excluding hydrogens is 380 g/mol. The van der Waals surface area contributed by atoms with Crippen molar-refractivity contribution in [3.63, 3.8) is 0 Å². The topological polar surface area (TPSA) is 96.2 Å². The van der Waals surface area contributed by atoms with Gasteiger partial charge in [0, 0.05) is 11.6 Å². The van der Waals surface area contributed by atoms with Gasteiger partial charge in [-0.3, -0.25) is 9.69 Å². The molecule has 0 fully saturated rings. The minimum Gasteiger partial charge on any atom is -0.394 e. The van der Waals surface area contributed by atoms with Crippen LogP contribution < -0.4 is 5.32 Å². The Morgan fingerprint density at radius 1 is 1.13 bits per heavy atom. The number of nitrogens with one attached hydrogen (secondary N) is 1. The number of tetrazole rings is 1. The van der Waals surface area contributed by atoms with Crippen LogP contribution in [0.2, 0.25) is 0 Å². The standard InChI is InChI=1S/C22H28N6O2/c1-14-6-8-17(9-7-14)18-10-19(22(30)23-15(2)13-29)12-20(11-18)28-21(24-25-26-28)16(3)27(4)5/h6-12,15-16,29H,13H2,1-5H3,(H,23,30)/t15-,16?/m0/s1. The summed E-state index contributed by atoms with van der Waals surface area (Å²) in [5.41, 5.74) is 4.20. The van der Waals surface area contributed by atoms with Crippen molar-refractivity contribution in [2.45, 2.75) is 32.9 Å². The molecule has 2 N–H and O–H groups in total. The number of rotatable bonds is 7. The first kappa shape index (κ1) is 21.6. The molecule has 0 saturated heterocycles. The van der Waals surface area contributed by atoms with Crippen molar-refractivity contribution < 1.29 is 9.90 Å². The van der Waals surface area contributed by atoms with Crippen LogP contribution in [0.4, 0.5) is 0 Å². The van der Waals surface area contributed by atoms with E-state index in [0.29, 0.717) is 17.1 Å². The number of aliphatic hydroxyl groups excluding tert-OH is 1. The summed E-state index contributed by atoms with van der Waals surface area (Å²) in [5, 5.41) is 24.3. The molecule has 0 saturated carbocycles. The van der Waals surface area contributed by atoms with Crippen molar-refractivity contribution in [2.75, 3.05) is 20.7 Å². The zero-order valence-corrected chi connectivity index (χ0v) is 18.0. The molecule has 0 radical (unpaired) electrons. The first-order valence-electron chi connectivity index (χ1n) is 9.89. The van der Waals surface area contributed by atoms with Crippen LogP contribution in [0.1, 0.15) is 41.6 Å². The van der Waals surface area contributed by atoms with E-state index in [9.17, 15) is 9.90 Å². The van der Waals surface area contributed by atoms with Crippen LogP contribution >= 0.6 is 0 Å². The van der Waals surface area contributed by atoms with Crippen LogP contribution in [-0.2, 0) is 0 Å². The Bertz CT molecular complexity index is 1010. The van der Waals surface area contributed by atoms with Crippen molar-refractivity contribution in [3.8, 4) is 16.8 Å². The second-order valence-electron chi connectivity index (χ2n) is 7.78. The van der Waals surface area contributed by atoms with Crippen LogP contribution in [0, 0.1) is 6.92 Å². The van der Waals surface area contributed by atoms with Gasteiger partial charge in [-0.2, -0.15) is 4.68 Å². The maximum Gasteiger partial charge on any atom is 0.251 e. The molecule has 30 heavy (non-hydrogen) atoms. The summed E-state index contributed by atoms with van der Waals surface area (Å²) in [6, 6.07) is 13.3. The van der Waals surface area contributed by atoms with Gasteiger partial charge in [0.05, 0.1) is 18.3 Å². The monoisotopic (exact) mass is 408 g/mol. The lowest BCUT2D eigenvalue weighted by Crippen LogP contribution is -2.35. The van der Waals surface area contributed by atoms with Gasteiger partial charge in [-0.25, -0.2) is 0 Å². The molecule has 1 aromatic heterocycles. The van der Waals surface area contributed by atoms with E-state index >= 15 is 0 Å². The predicted octanol–water partition coefficient (Wildman–Crippen LogP) is 2.37. The molecule has 1 heterocycles. The molecule has 0 aliphatic heterocycles. The Balaban J connectivity index is 2.12. The summed E-state index contributed by atoms with van der Waals surface area (Å²) in [6.07, 6.45) is 0. The number of carbonyl (C=O) groups excluding carboxylic acids is 1. The molecule has 0 spiro atoms. The third-order valence-corrected chi connectivity index (χ3v) is 5.10. The van der Waals surface area contributed by atoms with E-state index in [4.69, 9.17) is 0 Å². The molecule has 1 unspecified atom stereocenters. The number of aryl methyl sites for hydroxylation is 1. The first-order valence-corrected chi connectivity index (χ1v) is 9.89. The van der Waals surface area contributed by atoms with Crippen LogP contribution in [0.25, 0.3) is 16.8 Å². The molecule has 8 heteroatoms. The predicted molar refractivity (Wildman–Crippen MR) is 115 cm³/mol. The van der Waals surface area contributed by atoms with Gasteiger partial charge in [0.2, 0.25) is 0 Å². The van der Waals surface area contributed by atoms with Crippen molar-refractivity contribution in [2.24, 2.45) is 0 Å². The number of carbonyl (C=O) groups is 1. The van der Waals surface area contributed by atoms with E-state index in [-0.39, 0.29) is 24.6 Å². The summed E-state index contributed by atoms with van der Waals surface area (Å²) in [6.45, 7) is 5.67. The summed E-state index contributed by atoms with van der Waals surface area (Å²) >= 11 is 0. The molecular formula is C22H28N6O2. The van der Waals surface area contributed by atoms with Gasteiger partial charge in [0.15, 0.2) is 5.82 Å². The molecule has 8 nitrogen and oxygen atoms in total. The lowest BCUT2D eigenvalue weighted by atomic mass is 10.0. The third-order valence-electron chi connectivity index (χ3n) is 5.10. The van der Waals surface area contributed by atoms with E-state index in [1.165, 1.54) is 0 Å². The fraction of sp³-hybridized carbons (Fsp3) is 0.364. The quantitative estimate of drug-likeness (QED) is 0.623. The summed E-state index contributed by atoms with van der Waals surface area (Å²) in [5.74, 6) is 0.415. The number of hydrogen-bond acceptors (Lipinski definition) is 6. The second kappa shape index (κ2) is 9.15. The highest BCUT2D eigenvalue weighted by Gasteiger charge is 2.20. The van der Waals surface area contributed by atoms with Crippen LogP contribution in [0.3, 0.4) is 0 Å². The van der Waals surface area contributed by atoms with Crippen molar-refractivity contribution in [3.05, 3.63) is 59.4 Å². The Labute approximate surface area is 176 Å². The summed E-state index contributed by atoms with van der Waals surface area (Å²) in [4.78, 5) is 14.8. The molecule has 3 aromatic rings. The van der Waals surface area contributed by atoms with Gasteiger partial charge >= 0.3 is 0 Å². The van der Waals surface area contributed by atoms with Gasteiger partial charge in [-0.05, 0) is 74.6 Å². The largest absolute Gasteiger partial charge is 0.394 e. The number of benzene rings is 2. The molecule has 0 bridgehead atoms. The third kappa shape index (κ3) is 4.72. The minimum atomic E-state index is -0.346. The maximum atomic E-state index is 12.8. The molecule has 2 atom stereocenters. The van der Waals surface area contributed by atoms with E-state index < -0.39 is 0 Å². The van der Waals surface area contributed by atoms with Crippen molar-refractivity contribution in [1.82, 2.24) is 30.4 Å². The fourth-order valence-electron chi connectivity index (χ4n) is 3.00. The van der Waals surface area contributed by atoms with E-state index in [1.807, 2.05) is 69.2 Å². The van der Waals surface area contributed by atoms with Gasteiger partial charge < -0.3 is 10.4 Å². The zero-order chi connectivity index (χ0) is 21.8. The SMILES string of the molecule is Cc1ccc(-c2cc(C(=O)N[C@@H](C)CO)cc(-n3nnnc3C(C)N(C)C)c2)cc1. The summed E-state index contributed by atoms with van der Waals surface area (Å²) < 4.78 is 1.66. The number of aromatic nitrogens is 4. The van der Waals surface area contributed by atoms with Crippen LogP contribution in [0.5, 0.6) is 0 Å². The lowest BCUT2D eigenvalue weighted by molar-refractivity contribution is 0.0922. The maximum absolute atomic E-state index is 12.8. The Hall–Kier alpha value is -3.10. The molecule has 3 rings (SSSR count). The minimum absolute atomic E-state index is 0.0188. The van der Waals surface area contributed by atoms with Crippen molar-refractivity contribution in [1.29, 1.82) is 0 Å². The van der Waals surface area contributed by atoms with Gasteiger partial charge in [0.1, 0.15) is 0 Å². The van der Waals surface area contributed by atoms with Crippen LogP contribution in [-0.4, -0.2) is 62.9 Å². The van der Waals surface area contributed by atoms with E-state index in [0.717, 1.165) is 16.7 Å². The first-order chi connectivity index (χ1) is 14.3. The number of hydrogen-bond donors (Lipinski definition) is 2. The number of amides is 1. The highest BCUT2D eigenvalue weighted by atomic mass is 16.3. The lowest BCUT2D eigenvalue weighted by Gasteiger charge is -2.19. The molecule has 0 aliphatic carbocycles. The van der Waals surface area contributed by atoms with E-state index in [2.05, 4.69) is 20.8 Å². The Morgan fingerprint density at radius 2 is 1.83 bits per heavy atom. The smallest absolute Gasteiger partial charge is 0.251 e. The highest BCUT2D eigenvalue weighted by Crippen LogP contribution is 2.26. The molecule has 158 valence electrons. The van der Waals surface area contributed by atoms with Crippen LogP contribution in [0.15, 0.2) is 42.5 Å².